The summed E-state index contributed by atoms with van der Waals surface area (Å²) in [5.74, 6) is 6.03. The maximum atomic E-state index is 5.39. The zero-order chi connectivity index (χ0) is 10.7. The van der Waals surface area contributed by atoms with Crippen LogP contribution in [0.4, 0.5) is 5.69 Å². The van der Waals surface area contributed by atoms with Gasteiger partial charge in [0.05, 0.1) is 6.04 Å². The highest BCUT2D eigenvalue weighted by Gasteiger charge is 2.20. The van der Waals surface area contributed by atoms with Crippen molar-refractivity contribution < 1.29 is 0 Å². The molecule has 0 radical (unpaired) electrons. The molecule has 0 spiro atoms. The first-order valence-electron chi connectivity index (χ1n) is 5.16. The standard InChI is InChI=1S/C11H16N4/c1-8-3-2-4-10(7-8)14-11(15-12)13-9-5-6-9/h2-4,7,9H,5-6,12H2,1H3,(H2,13,14,15). The molecule has 1 fully saturated rings. The molecule has 1 aliphatic carbocycles. The fourth-order valence-electron chi connectivity index (χ4n) is 1.35. The van der Waals surface area contributed by atoms with E-state index in [9.17, 15) is 0 Å². The Hall–Kier alpha value is -1.55. The van der Waals surface area contributed by atoms with Gasteiger partial charge in [-0.1, -0.05) is 12.1 Å². The summed E-state index contributed by atoms with van der Waals surface area (Å²) in [5, 5.41) is 3.15. The van der Waals surface area contributed by atoms with Gasteiger partial charge in [0.25, 0.3) is 0 Å². The number of nitrogens with one attached hydrogen (secondary N) is 2. The molecule has 2 rings (SSSR count). The topological polar surface area (TPSA) is 62.4 Å². The van der Waals surface area contributed by atoms with Gasteiger partial charge >= 0.3 is 0 Å². The summed E-state index contributed by atoms with van der Waals surface area (Å²) in [5.41, 5.74) is 4.80. The molecule has 0 unspecified atom stereocenters. The lowest BCUT2D eigenvalue weighted by Crippen LogP contribution is -2.36. The minimum absolute atomic E-state index is 0.452. The van der Waals surface area contributed by atoms with Crippen LogP contribution < -0.4 is 16.6 Å². The average Bonchev–Trinajstić information content (AvgIpc) is 3.01. The summed E-state index contributed by atoms with van der Waals surface area (Å²) in [6, 6.07) is 8.56. The predicted molar refractivity (Wildman–Crippen MR) is 62.6 cm³/mol. The van der Waals surface area contributed by atoms with Gasteiger partial charge in [0.15, 0.2) is 0 Å². The summed E-state index contributed by atoms with van der Waals surface area (Å²) in [4.78, 5) is 4.40. The number of aryl methyl sites for hydroxylation is 1. The maximum Gasteiger partial charge on any atom is 0.210 e. The van der Waals surface area contributed by atoms with E-state index in [4.69, 9.17) is 5.84 Å². The minimum Gasteiger partial charge on any atom is -0.325 e. The van der Waals surface area contributed by atoms with Crippen LogP contribution in [0.5, 0.6) is 0 Å². The molecule has 1 aromatic carbocycles. The van der Waals surface area contributed by atoms with Crippen molar-refractivity contribution in [2.75, 3.05) is 5.32 Å². The van der Waals surface area contributed by atoms with E-state index < -0.39 is 0 Å². The number of benzene rings is 1. The van der Waals surface area contributed by atoms with Crippen molar-refractivity contribution in [3.63, 3.8) is 0 Å². The minimum atomic E-state index is 0.452. The van der Waals surface area contributed by atoms with E-state index in [2.05, 4.69) is 34.8 Å². The summed E-state index contributed by atoms with van der Waals surface area (Å²) in [7, 11) is 0. The number of hydrazine groups is 1. The zero-order valence-corrected chi connectivity index (χ0v) is 8.83. The van der Waals surface area contributed by atoms with E-state index in [1.165, 1.54) is 18.4 Å². The number of nitrogens with zero attached hydrogens (tertiary/aromatic N) is 1. The van der Waals surface area contributed by atoms with Gasteiger partial charge in [-0.2, -0.15) is 0 Å². The molecule has 1 aliphatic rings. The summed E-state index contributed by atoms with van der Waals surface area (Å²) in [6.45, 7) is 2.05. The fourth-order valence-corrected chi connectivity index (χ4v) is 1.35. The number of guanidine groups is 1. The van der Waals surface area contributed by atoms with Gasteiger partial charge in [-0.3, -0.25) is 5.43 Å². The molecule has 0 atom stereocenters. The Balaban J connectivity index is 2.05. The highest BCUT2D eigenvalue weighted by molar-refractivity contribution is 5.93. The Morgan fingerprint density at radius 1 is 1.47 bits per heavy atom. The van der Waals surface area contributed by atoms with Crippen LogP contribution in [0.1, 0.15) is 18.4 Å². The van der Waals surface area contributed by atoms with E-state index in [1.54, 1.807) is 0 Å². The third-order valence-corrected chi connectivity index (χ3v) is 2.28. The van der Waals surface area contributed by atoms with Crippen LogP contribution in [0.2, 0.25) is 0 Å². The van der Waals surface area contributed by atoms with E-state index in [-0.39, 0.29) is 0 Å². The van der Waals surface area contributed by atoms with E-state index in [0.717, 1.165) is 5.69 Å². The van der Waals surface area contributed by atoms with Gasteiger partial charge < -0.3 is 5.32 Å². The molecule has 1 aromatic rings. The van der Waals surface area contributed by atoms with Gasteiger partial charge in [0.2, 0.25) is 5.96 Å². The lowest BCUT2D eigenvalue weighted by Gasteiger charge is -2.09. The Kier molecular flexibility index (Phi) is 2.87. The first kappa shape index (κ1) is 9.98. The van der Waals surface area contributed by atoms with Crippen LogP contribution in [-0.4, -0.2) is 12.0 Å². The van der Waals surface area contributed by atoms with Gasteiger partial charge in [0, 0.05) is 5.69 Å². The van der Waals surface area contributed by atoms with Gasteiger partial charge in [-0.25, -0.2) is 10.8 Å². The Morgan fingerprint density at radius 2 is 2.27 bits per heavy atom. The van der Waals surface area contributed by atoms with Crippen molar-refractivity contribution in [3.8, 4) is 0 Å². The van der Waals surface area contributed by atoms with Crippen molar-refractivity contribution in [1.29, 1.82) is 0 Å². The normalized spacial score (nSPS) is 16.3. The number of aliphatic imine (C=N–C) groups is 1. The third-order valence-electron chi connectivity index (χ3n) is 2.28. The van der Waals surface area contributed by atoms with Crippen LogP contribution in [0.3, 0.4) is 0 Å². The number of rotatable bonds is 2. The molecule has 0 heterocycles. The quantitative estimate of drug-likeness (QED) is 0.295. The zero-order valence-electron chi connectivity index (χ0n) is 8.83. The second kappa shape index (κ2) is 4.31. The number of anilines is 1. The molecular formula is C11H16N4. The number of nitrogens with two attached hydrogens (primary N) is 1. The van der Waals surface area contributed by atoms with E-state index >= 15 is 0 Å². The Labute approximate surface area is 89.6 Å². The molecular weight excluding hydrogens is 188 g/mol. The molecule has 0 amide bonds. The molecule has 0 saturated heterocycles. The van der Waals surface area contributed by atoms with Gasteiger partial charge in [-0.05, 0) is 37.5 Å². The fraction of sp³-hybridized carbons (Fsp3) is 0.364. The van der Waals surface area contributed by atoms with Crippen LogP contribution in [0, 0.1) is 6.92 Å². The van der Waals surface area contributed by atoms with Crippen LogP contribution in [-0.2, 0) is 0 Å². The predicted octanol–water partition coefficient (Wildman–Crippen LogP) is 1.39. The van der Waals surface area contributed by atoms with Crippen molar-refractivity contribution in [3.05, 3.63) is 29.8 Å². The molecule has 0 aromatic heterocycles. The van der Waals surface area contributed by atoms with Crippen LogP contribution >= 0.6 is 0 Å². The molecule has 0 aliphatic heterocycles. The summed E-state index contributed by atoms with van der Waals surface area (Å²) in [6.07, 6.45) is 2.33. The van der Waals surface area contributed by atoms with E-state index in [1.807, 2.05) is 12.1 Å². The average molecular weight is 204 g/mol. The van der Waals surface area contributed by atoms with Crippen LogP contribution in [0.15, 0.2) is 29.3 Å². The first-order valence-corrected chi connectivity index (χ1v) is 5.16. The third kappa shape index (κ3) is 2.95. The number of hydrogen-bond donors (Lipinski definition) is 3. The lowest BCUT2D eigenvalue weighted by atomic mass is 10.2. The highest BCUT2D eigenvalue weighted by Crippen LogP contribution is 2.23. The molecule has 1 saturated carbocycles. The van der Waals surface area contributed by atoms with E-state index in [0.29, 0.717) is 12.0 Å². The second-order valence-corrected chi connectivity index (χ2v) is 3.85. The molecule has 4 N–H and O–H groups in total. The smallest absolute Gasteiger partial charge is 0.210 e. The SMILES string of the molecule is Cc1cccc(NC(=NC2CC2)NN)c1. The molecule has 0 bridgehead atoms. The highest BCUT2D eigenvalue weighted by atomic mass is 15.3. The maximum absolute atomic E-state index is 5.39. The van der Waals surface area contributed by atoms with Gasteiger partial charge in [0.1, 0.15) is 0 Å². The molecule has 15 heavy (non-hydrogen) atoms. The first-order chi connectivity index (χ1) is 7.28. The van der Waals surface area contributed by atoms with Gasteiger partial charge in [-0.15, -0.1) is 0 Å². The monoisotopic (exact) mass is 204 g/mol. The van der Waals surface area contributed by atoms with Crippen LogP contribution in [0.25, 0.3) is 0 Å². The van der Waals surface area contributed by atoms with Crippen molar-refractivity contribution >= 4 is 11.6 Å². The summed E-state index contributed by atoms with van der Waals surface area (Å²) >= 11 is 0. The Bertz CT molecular complexity index is 369. The molecule has 4 heteroatoms. The second-order valence-electron chi connectivity index (χ2n) is 3.85. The largest absolute Gasteiger partial charge is 0.325 e. The molecule has 80 valence electrons. The van der Waals surface area contributed by atoms with Crippen molar-refractivity contribution in [2.45, 2.75) is 25.8 Å². The molecule has 4 nitrogen and oxygen atoms in total. The lowest BCUT2D eigenvalue weighted by molar-refractivity contribution is 0.966. The number of hydrogen-bond acceptors (Lipinski definition) is 2. The van der Waals surface area contributed by atoms with Crippen molar-refractivity contribution in [1.82, 2.24) is 5.43 Å². The Morgan fingerprint density at radius 3 is 2.87 bits per heavy atom. The summed E-state index contributed by atoms with van der Waals surface area (Å²) < 4.78 is 0. The van der Waals surface area contributed by atoms with Crippen molar-refractivity contribution in [2.24, 2.45) is 10.8 Å².